The molecule has 0 atom stereocenters. The molecule has 2 aromatic rings. The Balaban J connectivity index is 2.25. The molecule has 0 aliphatic rings. The zero-order valence-corrected chi connectivity index (χ0v) is 13.2. The van der Waals surface area contributed by atoms with Crippen LogP contribution in [0.15, 0.2) is 46.4 Å². The highest BCUT2D eigenvalue weighted by Gasteiger charge is 2.17. The molecule has 2 rings (SSSR count). The molecule has 0 bridgehead atoms. The number of hydrogen-bond donors (Lipinski definition) is 3. The van der Waals surface area contributed by atoms with Crippen molar-refractivity contribution in [1.82, 2.24) is 4.83 Å². The number of nitrogens with one attached hydrogen (secondary N) is 1. The number of halogens is 2. The van der Waals surface area contributed by atoms with E-state index in [1.165, 1.54) is 36.4 Å². The van der Waals surface area contributed by atoms with E-state index in [4.69, 9.17) is 23.2 Å². The number of hydrazone groups is 1. The van der Waals surface area contributed by atoms with Crippen LogP contribution in [0.25, 0.3) is 0 Å². The first-order valence-electron chi connectivity index (χ1n) is 5.82. The number of nitrogens with zero attached hydrogens (tertiary/aromatic N) is 1. The van der Waals surface area contributed by atoms with E-state index >= 15 is 0 Å². The van der Waals surface area contributed by atoms with Crippen molar-refractivity contribution in [3.8, 4) is 11.5 Å². The summed E-state index contributed by atoms with van der Waals surface area (Å²) in [6.45, 7) is 0. The summed E-state index contributed by atoms with van der Waals surface area (Å²) >= 11 is 11.6. The summed E-state index contributed by atoms with van der Waals surface area (Å²) in [6.07, 6.45) is 1.05. The Hall–Kier alpha value is -1.96. The second-order valence-electron chi connectivity index (χ2n) is 4.14. The number of para-hydroxylation sites is 1. The van der Waals surface area contributed by atoms with E-state index in [1.807, 2.05) is 4.83 Å². The Kier molecular flexibility index (Phi) is 4.80. The van der Waals surface area contributed by atoms with Crippen molar-refractivity contribution < 1.29 is 18.6 Å². The lowest BCUT2D eigenvalue weighted by molar-refractivity contribution is 0.403. The largest absolute Gasteiger partial charge is 0.504 e. The van der Waals surface area contributed by atoms with Crippen LogP contribution in [0.2, 0.25) is 10.0 Å². The molecule has 116 valence electrons. The Morgan fingerprint density at radius 2 is 1.86 bits per heavy atom. The number of benzene rings is 2. The van der Waals surface area contributed by atoms with Crippen LogP contribution in [0.4, 0.5) is 0 Å². The molecule has 6 nitrogen and oxygen atoms in total. The second kappa shape index (κ2) is 6.43. The zero-order valence-electron chi connectivity index (χ0n) is 10.9. The normalized spacial score (nSPS) is 11.7. The predicted molar refractivity (Wildman–Crippen MR) is 84.1 cm³/mol. The Bertz CT molecular complexity index is 838. The minimum Gasteiger partial charge on any atom is -0.504 e. The van der Waals surface area contributed by atoms with E-state index in [0.29, 0.717) is 0 Å². The van der Waals surface area contributed by atoms with E-state index in [2.05, 4.69) is 5.10 Å². The van der Waals surface area contributed by atoms with E-state index in [0.717, 1.165) is 6.21 Å². The van der Waals surface area contributed by atoms with Gasteiger partial charge in [-0.15, -0.1) is 0 Å². The van der Waals surface area contributed by atoms with Gasteiger partial charge in [0.1, 0.15) is 4.90 Å². The molecule has 9 heteroatoms. The third-order valence-corrected chi connectivity index (χ3v) is 4.54. The van der Waals surface area contributed by atoms with Gasteiger partial charge < -0.3 is 10.2 Å². The van der Waals surface area contributed by atoms with Crippen LogP contribution in [-0.4, -0.2) is 24.8 Å². The smallest absolute Gasteiger partial charge is 0.278 e. The van der Waals surface area contributed by atoms with Gasteiger partial charge in [-0.05, 0) is 30.3 Å². The molecule has 0 amide bonds. The van der Waals surface area contributed by atoms with Gasteiger partial charge in [-0.25, -0.2) is 4.83 Å². The average Bonchev–Trinajstić information content (AvgIpc) is 2.46. The fraction of sp³-hybridized carbons (Fsp3) is 0. The van der Waals surface area contributed by atoms with Crippen molar-refractivity contribution in [3.63, 3.8) is 0 Å². The molecule has 2 aromatic carbocycles. The molecular weight excluding hydrogens is 351 g/mol. The van der Waals surface area contributed by atoms with Gasteiger partial charge in [-0.1, -0.05) is 29.3 Å². The Morgan fingerprint density at radius 3 is 2.59 bits per heavy atom. The van der Waals surface area contributed by atoms with E-state index in [-0.39, 0.29) is 26.3 Å². The Labute approximate surface area is 136 Å². The lowest BCUT2D eigenvalue weighted by Crippen LogP contribution is -2.18. The number of aromatic hydroxyl groups is 2. The van der Waals surface area contributed by atoms with Crippen LogP contribution >= 0.6 is 23.2 Å². The first kappa shape index (κ1) is 16.4. The number of rotatable bonds is 4. The molecule has 3 N–H and O–H groups in total. The number of hydrogen-bond acceptors (Lipinski definition) is 5. The van der Waals surface area contributed by atoms with Crippen molar-refractivity contribution in [3.05, 3.63) is 52.0 Å². The summed E-state index contributed by atoms with van der Waals surface area (Å²) in [5, 5.41) is 22.6. The van der Waals surface area contributed by atoms with Gasteiger partial charge in [0.2, 0.25) is 0 Å². The molecule has 0 saturated carbocycles. The maximum absolute atomic E-state index is 12.1. The van der Waals surface area contributed by atoms with Gasteiger partial charge in [0.25, 0.3) is 10.0 Å². The standard InChI is InChI=1S/C13H10Cl2N2O4S/c14-9-4-5-10(15)12(6-9)22(20,21)17-16-7-8-2-1-3-11(18)13(8)19/h1-7,17-19H/b16-7+. The van der Waals surface area contributed by atoms with Gasteiger partial charge in [0.05, 0.1) is 11.2 Å². The Morgan fingerprint density at radius 1 is 1.14 bits per heavy atom. The number of phenols is 2. The summed E-state index contributed by atoms with van der Waals surface area (Å²) in [7, 11) is -4.02. The molecular formula is C13H10Cl2N2O4S. The molecule has 0 saturated heterocycles. The number of sulfonamides is 1. The predicted octanol–water partition coefficient (Wildman–Crippen LogP) is 2.72. The monoisotopic (exact) mass is 360 g/mol. The van der Waals surface area contributed by atoms with Crippen LogP contribution in [0.1, 0.15) is 5.56 Å². The van der Waals surface area contributed by atoms with Crippen LogP contribution in [-0.2, 0) is 10.0 Å². The minimum atomic E-state index is -4.02. The summed E-state index contributed by atoms with van der Waals surface area (Å²) in [5.74, 6) is -0.754. The van der Waals surface area contributed by atoms with Crippen molar-refractivity contribution in [2.45, 2.75) is 4.90 Å². The molecule has 22 heavy (non-hydrogen) atoms. The fourth-order valence-corrected chi connectivity index (χ4v) is 3.11. The van der Waals surface area contributed by atoms with Crippen molar-refractivity contribution in [2.75, 3.05) is 0 Å². The molecule has 0 radical (unpaired) electrons. The maximum atomic E-state index is 12.1. The fourth-order valence-electron chi connectivity index (χ4n) is 1.55. The van der Waals surface area contributed by atoms with Crippen molar-refractivity contribution in [1.29, 1.82) is 0 Å². The molecule has 0 fully saturated rings. The zero-order chi connectivity index (χ0) is 16.3. The van der Waals surface area contributed by atoms with Gasteiger partial charge in [0, 0.05) is 10.6 Å². The molecule has 0 unspecified atom stereocenters. The maximum Gasteiger partial charge on any atom is 0.278 e. The van der Waals surface area contributed by atoms with Crippen LogP contribution in [0.3, 0.4) is 0 Å². The molecule has 0 aliphatic carbocycles. The molecule has 0 aliphatic heterocycles. The first-order chi connectivity index (χ1) is 10.3. The average molecular weight is 361 g/mol. The summed E-state index contributed by atoms with van der Waals surface area (Å²) < 4.78 is 24.1. The topological polar surface area (TPSA) is 99.0 Å². The SMILES string of the molecule is O=S(=O)(N/N=C/c1cccc(O)c1O)c1cc(Cl)ccc1Cl. The lowest BCUT2D eigenvalue weighted by atomic mass is 10.2. The highest BCUT2D eigenvalue weighted by Crippen LogP contribution is 2.27. The third kappa shape index (κ3) is 3.62. The summed E-state index contributed by atoms with van der Waals surface area (Å²) in [5.41, 5.74) is 0.139. The van der Waals surface area contributed by atoms with Crippen LogP contribution in [0.5, 0.6) is 11.5 Å². The summed E-state index contributed by atoms with van der Waals surface area (Å²) in [4.78, 5) is 1.72. The highest BCUT2D eigenvalue weighted by atomic mass is 35.5. The summed E-state index contributed by atoms with van der Waals surface area (Å²) in [6, 6.07) is 8.19. The van der Waals surface area contributed by atoms with Gasteiger partial charge in [-0.3, -0.25) is 0 Å². The van der Waals surface area contributed by atoms with Gasteiger partial charge in [0.15, 0.2) is 11.5 Å². The van der Waals surface area contributed by atoms with E-state index in [9.17, 15) is 18.6 Å². The van der Waals surface area contributed by atoms with E-state index in [1.54, 1.807) is 0 Å². The highest BCUT2D eigenvalue weighted by molar-refractivity contribution is 7.89. The van der Waals surface area contributed by atoms with Gasteiger partial charge in [-0.2, -0.15) is 13.5 Å². The second-order valence-corrected chi connectivity index (χ2v) is 6.62. The number of phenolic OH excluding ortho intramolecular Hbond substituents is 2. The third-order valence-electron chi connectivity index (χ3n) is 2.61. The molecule has 0 aromatic heterocycles. The van der Waals surface area contributed by atoms with Crippen molar-refractivity contribution >= 4 is 39.4 Å². The van der Waals surface area contributed by atoms with Crippen LogP contribution < -0.4 is 4.83 Å². The lowest BCUT2D eigenvalue weighted by Gasteiger charge is -2.06. The first-order valence-corrected chi connectivity index (χ1v) is 8.06. The minimum absolute atomic E-state index is 0.00713. The van der Waals surface area contributed by atoms with Crippen LogP contribution in [0, 0.1) is 0 Å². The molecule has 0 heterocycles. The van der Waals surface area contributed by atoms with E-state index < -0.39 is 15.8 Å². The van der Waals surface area contributed by atoms with Crippen molar-refractivity contribution in [2.24, 2.45) is 5.10 Å². The quantitative estimate of drug-likeness (QED) is 0.443. The molecule has 0 spiro atoms. The van der Waals surface area contributed by atoms with Gasteiger partial charge >= 0.3 is 0 Å².